The fraction of sp³-hybridized carbons (Fsp3) is 0.583. The maximum atomic E-state index is 11.9. The van der Waals surface area contributed by atoms with Crippen LogP contribution in [0.15, 0.2) is 23.4 Å². The number of rotatable bonds is 0. The quantitative estimate of drug-likeness (QED) is 0.655. The summed E-state index contributed by atoms with van der Waals surface area (Å²) in [5.41, 5.74) is 0.432. The third-order valence-corrected chi connectivity index (χ3v) is 3.02. The van der Waals surface area contributed by atoms with Gasteiger partial charge in [0.25, 0.3) is 5.91 Å². The predicted octanol–water partition coefficient (Wildman–Crippen LogP) is 1.59. The fourth-order valence-electron chi connectivity index (χ4n) is 2.70. The van der Waals surface area contributed by atoms with E-state index in [9.17, 15) is 9.90 Å². The molecule has 3 nitrogen and oxygen atoms in total. The molecule has 2 aliphatic rings. The van der Waals surface area contributed by atoms with Crippen LogP contribution in [0.25, 0.3) is 0 Å². The van der Waals surface area contributed by atoms with Gasteiger partial charge in [-0.05, 0) is 39.8 Å². The van der Waals surface area contributed by atoms with E-state index < -0.39 is 5.60 Å². The molecule has 1 unspecified atom stereocenters. The van der Waals surface area contributed by atoms with Crippen LogP contribution in [0, 0.1) is 0 Å². The highest BCUT2D eigenvalue weighted by Gasteiger charge is 2.45. The van der Waals surface area contributed by atoms with Crippen molar-refractivity contribution >= 4 is 5.91 Å². The molecule has 1 atom stereocenters. The molecule has 0 aromatic carbocycles. The molecular weight excluding hydrogens is 190 g/mol. The Bertz CT molecular complexity index is 388. The summed E-state index contributed by atoms with van der Waals surface area (Å²) in [5, 5.41) is 10.1. The first kappa shape index (κ1) is 10.4. The first-order valence-corrected chi connectivity index (χ1v) is 5.21. The number of carbonyl (C=O) groups is 1. The first-order chi connectivity index (χ1) is 6.73. The minimum atomic E-state index is -0.823. The topological polar surface area (TPSA) is 40.5 Å². The zero-order chi connectivity index (χ0) is 11.4. The van der Waals surface area contributed by atoms with E-state index in [2.05, 4.69) is 0 Å². The van der Waals surface area contributed by atoms with Crippen molar-refractivity contribution in [1.29, 1.82) is 0 Å². The van der Waals surface area contributed by atoms with E-state index in [0.717, 1.165) is 11.3 Å². The van der Waals surface area contributed by atoms with Crippen molar-refractivity contribution in [2.75, 3.05) is 0 Å². The molecule has 0 bridgehead atoms. The lowest BCUT2D eigenvalue weighted by Crippen LogP contribution is -2.52. The van der Waals surface area contributed by atoms with Crippen LogP contribution in [0.5, 0.6) is 0 Å². The maximum Gasteiger partial charge on any atom is 0.254 e. The summed E-state index contributed by atoms with van der Waals surface area (Å²) < 4.78 is 0. The summed E-state index contributed by atoms with van der Waals surface area (Å²) in [6, 6.07) is 0. The van der Waals surface area contributed by atoms with Gasteiger partial charge in [0.15, 0.2) is 0 Å². The normalized spacial score (nSPS) is 33.7. The lowest BCUT2D eigenvalue weighted by molar-refractivity contribution is -0.130. The van der Waals surface area contributed by atoms with Crippen LogP contribution in [0.4, 0.5) is 0 Å². The van der Waals surface area contributed by atoms with Crippen LogP contribution in [0.1, 0.15) is 34.1 Å². The summed E-state index contributed by atoms with van der Waals surface area (Å²) in [5.74, 6) is 0.0572. The fourth-order valence-corrected chi connectivity index (χ4v) is 2.70. The second-order valence-corrected chi connectivity index (χ2v) is 5.38. The summed E-state index contributed by atoms with van der Waals surface area (Å²) in [6.07, 6.45) is 4.18. The third-order valence-electron chi connectivity index (χ3n) is 3.02. The highest BCUT2D eigenvalue weighted by Crippen LogP contribution is 2.40. The Morgan fingerprint density at radius 2 is 2.00 bits per heavy atom. The molecule has 1 amide bonds. The van der Waals surface area contributed by atoms with Crippen LogP contribution in [0.3, 0.4) is 0 Å². The summed E-state index contributed by atoms with van der Waals surface area (Å²) in [7, 11) is 0. The van der Waals surface area contributed by atoms with Crippen LogP contribution in [0.2, 0.25) is 0 Å². The summed E-state index contributed by atoms with van der Waals surface area (Å²) in [6.45, 7) is 7.56. The van der Waals surface area contributed by atoms with Gasteiger partial charge >= 0.3 is 0 Å². The molecule has 0 radical (unpaired) electrons. The van der Waals surface area contributed by atoms with Crippen molar-refractivity contribution in [3.05, 3.63) is 23.4 Å². The van der Waals surface area contributed by atoms with Crippen molar-refractivity contribution in [3.8, 4) is 0 Å². The molecule has 0 spiro atoms. The minimum absolute atomic E-state index is 0.0572. The van der Waals surface area contributed by atoms with Gasteiger partial charge in [0.05, 0.1) is 5.60 Å². The van der Waals surface area contributed by atoms with E-state index >= 15 is 0 Å². The average molecular weight is 207 g/mol. The largest absolute Gasteiger partial charge is 0.386 e. The van der Waals surface area contributed by atoms with E-state index in [1.165, 1.54) is 0 Å². The van der Waals surface area contributed by atoms with Gasteiger partial charge in [-0.1, -0.05) is 0 Å². The minimum Gasteiger partial charge on any atom is -0.386 e. The van der Waals surface area contributed by atoms with Crippen LogP contribution in [-0.4, -0.2) is 27.1 Å². The number of amides is 1. The maximum absolute atomic E-state index is 11.9. The molecule has 1 N–H and O–H groups in total. The predicted molar refractivity (Wildman–Crippen MR) is 58.0 cm³/mol. The molecule has 0 saturated carbocycles. The highest BCUT2D eigenvalue weighted by molar-refractivity contribution is 5.99. The van der Waals surface area contributed by atoms with Gasteiger partial charge in [-0.25, -0.2) is 0 Å². The van der Waals surface area contributed by atoms with Crippen LogP contribution in [-0.2, 0) is 4.79 Å². The molecule has 2 rings (SSSR count). The van der Waals surface area contributed by atoms with Gasteiger partial charge < -0.3 is 10.0 Å². The molecule has 0 fully saturated rings. The number of aliphatic hydroxyl groups is 1. The van der Waals surface area contributed by atoms with Crippen molar-refractivity contribution in [2.45, 2.75) is 45.3 Å². The number of hydrogen-bond acceptors (Lipinski definition) is 2. The van der Waals surface area contributed by atoms with Gasteiger partial charge in [-0.2, -0.15) is 0 Å². The smallest absolute Gasteiger partial charge is 0.254 e. The Hall–Kier alpha value is -1.09. The molecule has 2 aliphatic heterocycles. The molecule has 0 aromatic heterocycles. The zero-order valence-electron chi connectivity index (χ0n) is 9.66. The number of nitrogens with zero attached hydrogens (tertiary/aromatic N) is 1. The number of fused-ring (bicyclic) bond motifs is 1. The Morgan fingerprint density at radius 1 is 1.40 bits per heavy atom. The Kier molecular flexibility index (Phi) is 1.90. The molecular formula is C12H17NO2. The van der Waals surface area contributed by atoms with E-state index in [4.69, 9.17) is 0 Å². The summed E-state index contributed by atoms with van der Waals surface area (Å²) >= 11 is 0. The Labute approximate surface area is 90.1 Å². The second-order valence-electron chi connectivity index (χ2n) is 5.38. The molecule has 0 saturated heterocycles. The molecule has 2 heterocycles. The SMILES string of the molecule is CC1=CC2=CC(C)(O)CC(C)(C)N2C1=O. The molecule has 0 aromatic rings. The van der Waals surface area contributed by atoms with Crippen molar-refractivity contribution in [1.82, 2.24) is 4.90 Å². The highest BCUT2D eigenvalue weighted by atomic mass is 16.3. The lowest BCUT2D eigenvalue weighted by Gasteiger charge is -2.44. The van der Waals surface area contributed by atoms with E-state index in [0.29, 0.717) is 6.42 Å². The average Bonchev–Trinajstić information content (AvgIpc) is 2.22. The molecule has 82 valence electrons. The number of carbonyl (C=O) groups excluding carboxylic acids is 1. The van der Waals surface area contributed by atoms with Gasteiger partial charge in [0.2, 0.25) is 0 Å². The van der Waals surface area contributed by atoms with Crippen LogP contribution >= 0.6 is 0 Å². The Balaban J connectivity index is 2.52. The van der Waals surface area contributed by atoms with Gasteiger partial charge in [0.1, 0.15) is 0 Å². The van der Waals surface area contributed by atoms with Gasteiger partial charge in [-0.3, -0.25) is 4.79 Å². The standard InChI is InChI=1S/C12H17NO2/c1-8-5-9-6-12(4,15)7-11(2,3)13(9)10(8)14/h5-6,15H,7H2,1-4H3. The van der Waals surface area contributed by atoms with E-state index in [1.807, 2.05) is 26.8 Å². The monoisotopic (exact) mass is 207 g/mol. The van der Waals surface area contributed by atoms with Crippen molar-refractivity contribution < 1.29 is 9.90 Å². The van der Waals surface area contributed by atoms with Gasteiger partial charge in [-0.15, -0.1) is 0 Å². The second kappa shape index (κ2) is 2.73. The third kappa shape index (κ3) is 1.51. The van der Waals surface area contributed by atoms with E-state index in [-0.39, 0.29) is 11.4 Å². The Morgan fingerprint density at radius 3 is 2.60 bits per heavy atom. The summed E-state index contributed by atoms with van der Waals surface area (Å²) in [4.78, 5) is 13.7. The zero-order valence-corrected chi connectivity index (χ0v) is 9.66. The van der Waals surface area contributed by atoms with Crippen molar-refractivity contribution in [2.24, 2.45) is 0 Å². The lowest BCUT2D eigenvalue weighted by atomic mass is 9.82. The number of allylic oxidation sites excluding steroid dienone is 1. The van der Waals surface area contributed by atoms with Gasteiger partial charge in [0, 0.05) is 23.2 Å². The first-order valence-electron chi connectivity index (χ1n) is 5.21. The molecule has 15 heavy (non-hydrogen) atoms. The number of hydrogen-bond donors (Lipinski definition) is 1. The molecule has 3 heteroatoms. The van der Waals surface area contributed by atoms with Crippen LogP contribution < -0.4 is 0 Å². The van der Waals surface area contributed by atoms with Crippen molar-refractivity contribution in [3.63, 3.8) is 0 Å². The van der Waals surface area contributed by atoms with E-state index in [1.54, 1.807) is 17.9 Å². The molecule has 0 aliphatic carbocycles.